The van der Waals surface area contributed by atoms with Gasteiger partial charge in [0, 0.05) is 22.5 Å². The van der Waals surface area contributed by atoms with Crippen LogP contribution in [0.5, 0.6) is 17.2 Å². The zero-order valence-electron chi connectivity index (χ0n) is 19.8. The van der Waals surface area contributed by atoms with Crippen LogP contribution in [0.4, 0.5) is 24.5 Å². The minimum Gasteiger partial charge on any atom is -0.493 e. The Morgan fingerprint density at radius 2 is 1.51 bits per heavy atom. The van der Waals surface area contributed by atoms with Gasteiger partial charge in [0.2, 0.25) is 5.75 Å². The molecule has 0 unspecified atom stereocenters. The maximum atomic E-state index is 13.0. The summed E-state index contributed by atoms with van der Waals surface area (Å²) in [7, 11) is 0.179. The first-order chi connectivity index (χ1) is 17.5. The lowest BCUT2D eigenvalue weighted by Gasteiger charge is -2.13. The van der Waals surface area contributed by atoms with E-state index >= 15 is 0 Å². The number of sulfonamides is 1. The third-order valence-corrected chi connectivity index (χ3v) is 6.93. The largest absolute Gasteiger partial charge is 0.493 e. The van der Waals surface area contributed by atoms with Crippen LogP contribution < -0.4 is 24.2 Å². The van der Waals surface area contributed by atoms with Crippen molar-refractivity contribution in [2.75, 3.05) is 31.4 Å². The van der Waals surface area contributed by atoms with Gasteiger partial charge in [-0.15, -0.1) is 0 Å². The molecule has 0 fully saturated rings. The Morgan fingerprint density at radius 3 is 2.05 bits per heavy atom. The van der Waals surface area contributed by atoms with Gasteiger partial charge in [-0.1, -0.05) is 0 Å². The van der Waals surface area contributed by atoms with Crippen molar-refractivity contribution in [1.29, 1.82) is 0 Å². The Morgan fingerprint density at radius 1 is 0.892 bits per heavy atom. The van der Waals surface area contributed by atoms with Crippen LogP contribution in [-0.2, 0) is 21.0 Å². The van der Waals surface area contributed by atoms with Gasteiger partial charge < -0.3 is 19.5 Å². The number of methoxy groups -OCH3 is 3. The number of alkyl halides is 3. The van der Waals surface area contributed by atoms with Crippen LogP contribution in [0.2, 0.25) is 0 Å². The molecule has 0 bridgehead atoms. The van der Waals surface area contributed by atoms with E-state index in [-0.39, 0.29) is 16.2 Å². The van der Waals surface area contributed by atoms with Crippen LogP contribution in [0.15, 0.2) is 59.5 Å². The van der Waals surface area contributed by atoms with Crippen molar-refractivity contribution in [3.05, 3.63) is 71.3 Å². The molecule has 0 atom stereocenters. The second kappa shape index (κ2) is 9.69. The van der Waals surface area contributed by atoms with E-state index in [0.29, 0.717) is 34.1 Å². The number of halogens is 3. The lowest BCUT2D eigenvalue weighted by Crippen LogP contribution is -2.13. The predicted octanol–water partition coefficient (Wildman–Crippen LogP) is 5.02. The molecule has 194 valence electrons. The van der Waals surface area contributed by atoms with Crippen molar-refractivity contribution in [1.82, 2.24) is 0 Å². The van der Waals surface area contributed by atoms with E-state index in [0.717, 1.165) is 24.3 Å². The van der Waals surface area contributed by atoms with Crippen molar-refractivity contribution in [2.45, 2.75) is 11.1 Å². The van der Waals surface area contributed by atoms with Gasteiger partial charge >= 0.3 is 6.18 Å². The first-order valence-corrected chi connectivity index (χ1v) is 12.1. The Bertz CT molecular complexity index is 1470. The maximum absolute atomic E-state index is 13.0. The molecule has 0 aromatic heterocycles. The van der Waals surface area contributed by atoms with Gasteiger partial charge in [-0.2, -0.15) is 13.2 Å². The topological polar surface area (TPSA) is 103 Å². The molecule has 0 radical (unpaired) electrons. The van der Waals surface area contributed by atoms with Crippen LogP contribution in [0.1, 0.15) is 16.7 Å². The Labute approximate surface area is 210 Å². The average molecular weight is 535 g/mol. The van der Waals surface area contributed by atoms with Gasteiger partial charge in [0.25, 0.3) is 15.9 Å². The van der Waals surface area contributed by atoms with Crippen LogP contribution in [0.3, 0.4) is 0 Å². The summed E-state index contributed by atoms with van der Waals surface area (Å²) in [6, 6.07) is 10.9. The molecular weight excluding hydrogens is 513 g/mol. The van der Waals surface area contributed by atoms with E-state index in [9.17, 15) is 26.4 Å². The lowest BCUT2D eigenvalue weighted by atomic mass is 10.0. The summed E-state index contributed by atoms with van der Waals surface area (Å²) in [5, 5.41) is 2.68. The Kier molecular flexibility index (Phi) is 6.78. The van der Waals surface area contributed by atoms with Gasteiger partial charge in [-0.05, 0) is 66.2 Å². The standard InChI is InChI=1S/C25H21F3N2O6S/c1-34-21-11-14(12-22(35-2)23(21)36-3)10-19-18-13-17(8-9-20(18)29-24(19)31)37(32,33)30-16-6-4-15(5-7-16)25(26,27)28/h4-13,30H,1-3H3,(H,29,31). The molecule has 3 aromatic rings. The van der Waals surface area contributed by atoms with E-state index in [1.54, 1.807) is 18.2 Å². The zero-order valence-corrected chi connectivity index (χ0v) is 20.6. The molecule has 0 saturated heterocycles. The third kappa shape index (κ3) is 5.19. The molecule has 0 spiro atoms. The third-order valence-electron chi connectivity index (χ3n) is 5.55. The van der Waals surface area contributed by atoms with Gasteiger partial charge in [0.1, 0.15) is 0 Å². The molecule has 12 heteroatoms. The fourth-order valence-electron chi connectivity index (χ4n) is 3.77. The number of hydrogen-bond acceptors (Lipinski definition) is 6. The molecule has 0 aliphatic carbocycles. The molecule has 3 aromatic carbocycles. The first-order valence-electron chi connectivity index (χ1n) is 10.6. The van der Waals surface area contributed by atoms with E-state index in [1.807, 2.05) is 0 Å². The average Bonchev–Trinajstić information content (AvgIpc) is 3.16. The minimum absolute atomic E-state index is 0.0455. The summed E-state index contributed by atoms with van der Waals surface area (Å²) < 4.78 is 82.6. The number of fused-ring (bicyclic) bond motifs is 1. The van der Waals surface area contributed by atoms with Crippen molar-refractivity contribution in [3.63, 3.8) is 0 Å². The first kappa shape index (κ1) is 25.9. The van der Waals surface area contributed by atoms with Gasteiger partial charge in [0.15, 0.2) is 11.5 Å². The number of ether oxygens (including phenoxy) is 3. The smallest absolute Gasteiger partial charge is 0.416 e. The van der Waals surface area contributed by atoms with Crippen molar-refractivity contribution in [3.8, 4) is 17.2 Å². The molecule has 4 rings (SSSR count). The summed E-state index contributed by atoms with van der Waals surface area (Å²) >= 11 is 0. The molecule has 1 amide bonds. The van der Waals surface area contributed by atoms with Crippen LogP contribution in [0, 0.1) is 0 Å². The number of hydrogen-bond donors (Lipinski definition) is 2. The number of anilines is 2. The van der Waals surface area contributed by atoms with Gasteiger partial charge in [0.05, 0.1) is 31.8 Å². The SMILES string of the molecule is COc1cc(C=C2C(=O)Nc3ccc(S(=O)(=O)Nc4ccc(C(F)(F)F)cc4)cc32)cc(OC)c1OC. The lowest BCUT2D eigenvalue weighted by molar-refractivity contribution is -0.137. The number of benzene rings is 3. The van der Waals surface area contributed by atoms with Gasteiger partial charge in [-0.25, -0.2) is 8.42 Å². The van der Waals surface area contributed by atoms with E-state index in [1.165, 1.54) is 39.5 Å². The van der Waals surface area contributed by atoms with Crippen molar-refractivity contribution >= 4 is 39.0 Å². The number of amides is 1. The Balaban J connectivity index is 1.70. The zero-order chi connectivity index (χ0) is 27.0. The predicted molar refractivity (Wildman–Crippen MR) is 131 cm³/mol. The highest BCUT2D eigenvalue weighted by Gasteiger charge is 2.30. The molecule has 0 saturated carbocycles. The second-order valence-electron chi connectivity index (χ2n) is 7.86. The molecule has 2 N–H and O–H groups in total. The monoisotopic (exact) mass is 534 g/mol. The van der Waals surface area contributed by atoms with E-state index in [4.69, 9.17) is 14.2 Å². The number of nitrogens with one attached hydrogen (secondary N) is 2. The summed E-state index contributed by atoms with van der Waals surface area (Å²) in [5.41, 5.74) is 0.501. The van der Waals surface area contributed by atoms with E-state index in [2.05, 4.69) is 10.0 Å². The quantitative estimate of drug-likeness (QED) is 0.413. The van der Waals surface area contributed by atoms with Crippen molar-refractivity contribution in [2.24, 2.45) is 0 Å². The number of carbonyl (C=O) groups excluding carboxylic acids is 1. The normalized spacial score (nSPS) is 14.2. The minimum atomic E-state index is -4.54. The molecule has 37 heavy (non-hydrogen) atoms. The van der Waals surface area contributed by atoms with Crippen molar-refractivity contribution < 1.29 is 40.6 Å². The summed E-state index contributed by atoms with van der Waals surface area (Å²) in [4.78, 5) is 12.5. The highest BCUT2D eigenvalue weighted by Crippen LogP contribution is 2.41. The summed E-state index contributed by atoms with van der Waals surface area (Å²) in [6.45, 7) is 0. The molecule has 8 nitrogen and oxygen atoms in total. The molecule has 1 aliphatic heterocycles. The van der Waals surface area contributed by atoms with Crippen LogP contribution >= 0.6 is 0 Å². The van der Waals surface area contributed by atoms with Crippen LogP contribution in [0.25, 0.3) is 11.6 Å². The summed E-state index contributed by atoms with van der Waals surface area (Å²) in [6.07, 6.45) is -3.00. The Hall–Kier alpha value is -4.19. The highest BCUT2D eigenvalue weighted by molar-refractivity contribution is 7.92. The number of rotatable bonds is 7. The number of carbonyl (C=O) groups is 1. The highest BCUT2D eigenvalue weighted by atomic mass is 32.2. The molecule has 1 heterocycles. The molecular formula is C25H21F3N2O6S. The molecule has 1 aliphatic rings. The maximum Gasteiger partial charge on any atom is 0.416 e. The van der Waals surface area contributed by atoms with Crippen LogP contribution in [-0.4, -0.2) is 35.7 Å². The fraction of sp³-hybridized carbons (Fsp3) is 0.160. The second-order valence-corrected chi connectivity index (χ2v) is 9.54. The van der Waals surface area contributed by atoms with E-state index < -0.39 is 27.7 Å². The summed E-state index contributed by atoms with van der Waals surface area (Å²) in [5.74, 6) is 0.647. The fourth-order valence-corrected chi connectivity index (χ4v) is 4.85. The van der Waals surface area contributed by atoms with Gasteiger partial charge in [-0.3, -0.25) is 9.52 Å².